The Morgan fingerprint density at radius 3 is 1.62 bits per heavy atom. The molecule has 0 amide bonds. The Bertz CT molecular complexity index is 600. The summed E-state index contributed by atoms with van der Waals surface area (Å²) in [5, 5.41) is 25.0. The zero-order chi connectivity index (χ0) is 17.0. The van der Waals surface area contributed by atoms with Gasteiger partial charge in [-0.05, 0) is 0 Å². The van der Waals surface area contributed by atoms with Gasteiger partial charge < -0.3 is 24.8 Å². The number of aliphatic carboxylic acids is 1. The maximum absolute atomic E-state index is 11.3. The molecule has 0 aromatic heterocycles. The number of carbonyl (C=O) groups excluding carboxylic acids is 2. The van der Waals surface area contributed by atoms with E-state index in [9.17, 15) is 32.4 Å². The third kappa shape index (κ3) is 4.11. The summed E-state index contributed by atoms with van der Waals surface area (Å²) in [6.45, 7) is 0. The molecule has 0 fully saturated rings. The van der Waals surface area contributed by atoms with Crippen LogP contribution in [0.15, 0.2) is 0 Å². The van der Waals surface area contributed by atoms with Crippen LogP contribution in [-0.4, -0.2) is 63.3 Å². The van der Waals surface area contributed by atoms with Crippen LogP contribution in [-0.2, 0) is 34.0 Å². The minimum Gasteiger partial charge on any atom is -0.480 e. The zero-order valence-corrected chi connectivity index (χ0v) is 10.4. The topological polar surface area (TPSA) is 219 Å². The van der Waals surface area contributed by atoms with Gasteiger partial charge in [0.25, 0.3) is 14.9 Å². The smallest absolute Gasteiger partial charge is 0.480 e. The molecule has 0 spiro atoms. The molecular formula is C7H6O13S. The lowest BCUT2D eigenvalue weighted by molar-refractivity contribution is -0.158. The Morgan fingerprint density at radius 2 is 1.33 bits per heavy atom. The van der Waals surface area contributed by atoms with Crippen molar-refractivity contribution in [1.29, 1.82) is 0 Å². The van der Waals surface area contributed by atoms with Crippen LogP contribution in [0.4, 0.5) is 9.59 Å². The number of ether oxygens (including phenoxy) is 2. The molecule has 0 bridgehead atoms. The highest BCUT2D eigenvalue weighted by molar-refractivity contribution is 7.89. The summed E-state index contributed by atoms with van der Waals surface area (Å²) >= 11 is 0. The highest BCUT2D eigenvalue weighted by Gasteiger charge is 2.62. The number of hydrogen-bond donors (Lipinski definition) is 4. The van der Waals surface area contributed by atoms with E-state index < -0.39 is 51.5 Å². The van der Waals surface area contributed by atoms with E-state index in [2.05, 4.69) is 9.47 Å². The van der Waals surface area contributed by atoms with Gasteiger partial charge >= 0.3 is 30.2 Å². The van der Waals surface area contributed by atoms with Gasteiger partial charge in [0.15, 0.2) is 0 Å². The number of carbonyl (C=O) groups is 5. The van der Waals surface area contributed by atoms with E-state index in [0.717, 1.165) is 0 Å². The fourth-order valence-corrected chi connectivity index (χ4v) is 1.81. The lowest BCUT2D eigenvalue weighted by Crippen LogP contribution is -2.55. The predicted octanol–water partition coefficient (Wildman–Crippen LogP) is -1.47. The molecule has 0 aliphatic carbocycles. The van der Waals surface area contributed by atoms with Gasteiger partial charge in [0.2, 0.25) is 0 Å². The second-order valence-electron chi connectivity index (χ2n) is 3.18. The largest absolute Gasteiger partial charge is 0.513 e. The van der Waals surface area contributed by atoms with E-state index in [-0.39, 0.29) is 0 Å². The van der Waals surface area contributed by atoms with Gasteiger partial charge in [-0.1, -0.05) is 0 Å². The lowest BCUT2D eigenvalue weighted by atomic mass is 10.1. The average Bonchev–Trinajstić information content (AvgIpc) is 2.20. The van der Waals surface area contributed by atoms with Gasteiger partial charge in [-0.2, -0.15) is 8.42 Å². The molecule has 0 aromatic rings. The van der Waals surface area contributed by atoms with Gasteiger partial charge in [-0.3, -0.25) is 9.35 Å². The van der Waals surface area contributed by atoms with Crippen molar-refractivity contribution in [2.24, 2.45) is 0 Å². The third-order valence-corrected chi connectivity index (χ3v) is 3.26. The molecule has 0 aliphatic heterocycles. The molecule has 0 aliphatic rings. The van der Waals surface area contributed by atoms with Crippen molar-refractivity contribution in [3.63, 3.8) is 0 Å². The summed E-state index contributed by atoms with van der Waals surface area (Å²) in [4.78, 5) is 53.4. The summed E-state index contributed by atoms with van der Waals surface area (Å²) < 4.78 is 33.5. The standard InChI is InChI=1S/C7H6O13S/c8-2(19-5(12)13)1-7(3(9)10,21(16,17)18)4(11)20-6(14)15/h1H2,(H,9,10)(H,12,13)(H,14,15)(H,16,17,18). The molecule has 4 N–H and O–H groups in total. The molecule has 14 heteroatoms. The van der Waals surface area contributed by atoms with Crippen LogP contribution in [0.3, 0.4) is 0 Å². The fraction of sp³-hybridized carbons (Fsp3) is 0.286. The highest BCUT2D eigenvalue weighted by atomic mass is 32.2. The normalized spacial score (nSPS) is 13.6. The quantitative estimate of drug-likeness (QED) is 0.257. The third-order valence-electron chi connectivity index (χ3n) is 1.89. The second kappa shape index (κ2) is 6.14. The highest BCUT2D eigenvalue weighted by Crippen LogP contribution is 2.25. The number of carboxylic acid groups (broad SMARTS) is 3. The summed E-state index contributed by atoms with van der Waals surface area (Å²) in [6, 6.07) is 0. The van der Waals surface area contributed by atoms with Crippen LogP contribution >= 0.6 is 0 Å². The van der Waals surface area contributed by atoms with Crippen LogP contribution in [0, 0.1) is 0 Å². The maximum Gasteiger partial charge on any atom is 0.513 e. The molecule has 0 radical (unpaired) electrons. The Hall–Kier alpha value is -2.74. The zero-order valence-electron chi connectivity index (χ0n) is 9.58. The van der Waals surface area contributed by atoms with Crippen LogP contribution in [0.2, 0.25) is 0 Å². The van der Waals surface area contributed by atoms with Crippen molar-refractivity contribution in [2.75, 3.05) is 0 Å². The predicted molar refractivity (Wildman–Crippen MR) is 54.8 cm³/mol. The van der Waals surface area contributed by atoms with E-state index in [4.69, 9.17) is 19.9 Å². The Kier molecular flexibility index (Phi) is 5.34. The van der Waals surface area contributed by atoms with Gasteiger partial charge in [-0.25, -0.2) is 19.2 Å². The Morgan fingerprint density at radius 1 is 0.905 bits per heavy atom. The van der Waals surface area contributed by atoms with E-state index >= 15 is 0 Å². The van der Waals surface area contributed by atoms with E-state index in [1.165, 1.54) is 0 Å². The number of carboxylic acids is 1. The molecule has 118 valence electrons. The summed E-state index contributed by atoms with van der Waals surface area (Å²) in [5.41, 5.74) is 0. The van der Waals surface area contributed by atoms with Crippen molar-refractivity contribution >= 4 is 40.3 Å². The molecule has 0 rings (SSSR count). The minimum atomic E-state index is -5.93. The van der Waals surface area contributed by atoms with E-state index in [0.29, 0.717) is 0 Å². The van der Waals surface area contributed by atoms with E-state index in [1.54, 1.807) is 0 Å². The van der Waals surface area contributed by atoms with Crippen molar-refractivity contribution in [3.05, 3.63) is 0 Å². The summed E-state index contributed by atoms with van der Waals surface area (Å²) in [5.74, 6) is -7.30. The SMILES string of the molecule is O=C(O)OC(=O)CC(C(=O)O)(C(=O)OC(=O)O)S(=O)(=O)O. The number of esters is 2. The minimum absolute atomic E-state index is 2.04. The van der Waals surface area contributed by atoms with Gasteiger partial charge in [0.1, 0.15) is 0 Å². The fourth-order valence-electron chi connectivity index (χ4n) is 1.04. The summed E-state index contributed by atoms with van der Waals surface area (Å²) in [7, 11) is -5.93. The molecule has 0 saturated carbocycles. The van der Waals surface area contributed by atoms with E-state index in [1.807, 2.05) is 0 Å². The van der Waals surface area contributed by atoms with Crippen molar-refractivity contribution in [3.8, 4) is 0 Å². The molecule has 0 saturated heterocycles. The average molecular weight is 330 g/mol. The lowest BCUT2D eigenvalue weighted by Gasteiger charge is -2.21. The van der Waals surface area contributed by atoms with Crippen LogP contribution in [0.25, 0.3) is 0 Å². The number of hydrogen-bond acceptors (Lipinski definition) is 9. The first-order valence-electron chi connectivity index (χ1n) is 4.44. The first-order valence-corrected chi connectivity index (χ1v) is 5.88. The van der Waals surface area contributed by atoms with Crippen molar-refractivity contribution in [1.82, 2.24) is 0 Å². The maximum atomic E-state index is 11.3. The molecule has 1 atom stereocenters. The monoisotopic (exact) mass is 330 g/mol. The van der Waals surface area contributed by atoms with Crippen LogP contribution in [0.1, 0.15) is 6.42 Å². The first kappa shape index (κ1) is 18.3. The molecule has 21 heavy (non-hydrogen) atoms. The van der Waals surface area contributed by atoms with Gasteiger partial charge in [0.05, 0.1) is 6.42 Å². The Labute approximate surface area is 114 Å². The van der Waals surface area contributed by atoms with Crippen LogP contribution in [0.5, 0.6) is 0 Å². The van der Waals surface area contributed by atoms with Crippen LogP contribution < -0.4 is 0 Å². The molecule has 0 aromatic carbocycles. The first-order chi connectivity index (χ1) is 9.34. The van der Waals surface area contributed by atoms with Crippen molar-refractivity contribution < 1.29 is 61.7 Å². The van der Waals surface area contributed by atoms with Gasteiger partial charge in [-0.15, -0.1) is 0 Å². The van der Waals surface area contributed by atoms with Crippen molar-refractivity contribution in [2.45, 2.75) is 11.2 Å². The molecule has 1 unspecified atom stereocenters. The molecular weight excluding hydrogens is 324 g/mol. The Balaban J connectivity index is 5.91. The van der Waals surface area contributed by atoms with Gasteiger partial charge in [0, 0.05) is 0 Å². The summed E-state index contributed by atoms with van der Waals surface area (Å²) in [6.07, 6.45) is -6.73. The molecule has 0 heterocycles. The number of rotatable bonds is 5. The second-order valence-corrected chi connectivity index (χ2v) is 4.83. The molecule has 13 nitrogen and oxygen atoms in total.